The lowest BCUT2D eigenvalue weighted by atomic mass is 10.0. The molecule has 0 saturated carbocycles. The Morgan fingerprint density at radius 1 is 1.00 bits per heavy atom. The highest BCUT2D eigenvalue weighted by Gasteiger charge is 2.19. The number of hydrogen-bond acceptors (Lipinski definition) is 5. The van der Waals surface area contributed by atoms with Crippen LogP contribution in [0.4, 0.5) is 0 Å². The smallest absolute Gasteiger partial charge is 0.339 e. The minimum absolute atomic E-state index is 0.0566. The van der Waals surface area contributed by atoms with E-state index >= 15 is 0 Å². The monoisotopic (exact) mass is 483 g/mol. The second-order valence-electron chi connectivity index (χ2n) is 6.44. The normalized spacial score (nSPS) is 11.6. The Hall–Kier alpha value is -3.08. The Labute approximate surface area is 184 Å². The van der Waals surface area contributed by atoms with Crippen LogP contribution in [0.25, 0.3) is 11.6 Å². The quantitative estimate of drug-likeness (QED) is 0.259. The lowest BCUT2D eigenvalue weighted by Gasteiger charge is -2.12. The third kappa shape index (κ3) is 5.09. The van der Waals surface area contributed by atoms with Gasteiger partial charge in [-0.2, -0.15) is 13.7 Å². The summed E-state index contributed by atoms with van der Waals surface area (Å²) in [5, 5.41) is 9.52. The van der Waals surface area contributed by atoms with Crippen LogP contribution in [0, 0.1) is 18.3 Å². The van der Waals surface area contributed by atoms with Crippen LogP contribution in [-0.2, 0) is 10.1 Å². The van der Waals surface area contributed by atoms with Gasteiger partial charge in [0, 0.05) is 4.47 Å². The van der Waals surface area contributed by atoms with Gasteiger partial charge in [0.25, 0.3) is 0 Å². The van der Waals surface area contributed by atoms with Crippen LogP contribution in [0.2, 0.25) is 0 Å². The zero-order valence-electron chi connectivity index (χ0n) is 16.3. The van der Waals surface area contributed by atoms with Crippen molar-refractivity contribution in [3.8, 4) is 17.6 Å². The maximum atomic E-state index is 12.6. The molecule has 0 N–H and O–H groups in total. The average molecular weight is 484 g/mol. The van der Waals surface area contributed by atoms with E-state index in [4.69, 9.17) is 8.92 Å². The maximum absolute atomic E-state index is 12.6. The highest BCUT2D eigenvalue weighted by atomic mass is 79.9. The van der Waals surface area contributed by atoms with Gasteiger partial charge in [0.15, 0.2) is 11.5 Å². The summed E-state index contributed by atoms with van der Waals surface area (Å²) < 4.78 is 36.7. The number of aryl methyl sites for hydroxylation is 1. The molecule has 0 atom stereocenters. The fourth-order valence-corrected chi connectivity index (χ4v) is 3.89. The van der Waals surface area contributed by atoms with Crippen molar-refractivity contribution >= 4 is 37.7 Å². The molecule has 0 aliphatic rings. The lowest BCUT2D eigenvalue weighted by molar-refractivity contribution is 0.390. The van der Waals surface area contributed by atoms with Crippen LogP contribution >= 0.6 is 15.9 Å². The molecule has 0 saturated heterocycles. The Morgan fingerprint density at radius 2 is 1.67 bits per heavy atom. The van der Waals surface area contributed by atoms with E-state index in [0.29, 0.717) is 11.1 Å². The number of nitrogens with zero attached hydrogens (tertiary/aromatic N) is 1. The van der Waals surface area contributed by atoms with Crippen molar-refractivity contribution in [3.63, 3.8) is 0 Å². The number of ether oxygens (including phenoxy) is 1. The molecule has 30 heavy (non-hydrogen) atoms. The molecule has 3 rings (SSSR count). The molecule has 0 radical (unpaired) electrons. The molecular formula is C23H18BrNO4S. The van der Waals surface area contributed by atoms with Crippen molar-refractivity contribution in [1.29, 1.82) is 5.26 Å². The largest absolute Gasteiger partial charge is 0.493 e. The predicted molar refractivity (Wildman–Crippen MR) is 120 cm³/mol. The van der Waals surface area contributed by atoms with E-state index < -0.39 is 10.1 Å². The van der Waals surface area contributed by atoms with Gasteiger partial charge >= 0.3 is 10.1 Å². The van der Waals surface area contributed by atoms with E-state index in [-0.39, 0.29) is 16.4 Å². The molecule has 0 aromatic heterocycles. The van der Waals surface area contributed by atoms with Crippen molar-refractivity contribution in [3.05, 3.63) is 87.9 Å². The summed E-state index contributed by atoms with van der Waals surface area (Å²) in [6.45, 7) is 1.87. The van der Waals surface area contributed by atoms with E-state index in [2.05, 4.69) is 22.0 Å². The summed E-state index contributed by atoms with van der Waals surface area (Å²) in [6, 6.07) is 20.7. The van der Waals surface area contributed by atoms with Gasteiger partial charge in [-0.15, -0.1) is 0 Å². The first-order valence-electron chi connectivity index (χ1n) is 8.89. The SMILES string of the molecule is COc1cc(/C=C(\C#N)c2ccc(Br)cc2)ccc1OS(=O)(=O)c1ccc(C)cc1. The van der Waals surface area contributed by atoms with E-state index in [1.165, 1.54) is 25.3 Å². The number of benzene rings is 3. The number of methoxy groups -OCH3 is 1. The molecule has 0 aliphatic heterocycles. The highest BCUT2D eigenvalue weighted by molar-refractivity contribution is 9.10. The number of hydrogen-bond donors (Lipinski definition) is 0. The molecular weight excluding hydrogens is 466 g/mol. The molecule has 0 aliphatic carbocycles. The Balaban J connectivity index is 1.92. The van der Waals surface area contributed by atoms with Gasteiger partial charge in [0.1, 0.15) is 4.90 Å². The van der Waals surface area contributed by atoms with Gasteiger partial charge in [0.05, 0.1) is 18.8 Å². The zero-order valence-corrected chi connectivity index (χ0v) is 18.7. The summed E-state index contributed by atoms with van der Waals surface area (Å²) in [4.78, 5) is 0.0566. The molecule has 7 heteroatoms. The summed E-state index contributed by atoms with van der Waals surface area (Å²) in [5.41, 5.74) is 2.85. The Kier molecular flexibility index (Phi) is 6.60. The molecule has 152 valence electrons. The van der Waals surface area contributed by atoms with E-state index in [0.717, 1.165) is 15.6 Å². The van der Waals surface area contributed by atoms with Crippen molar-refractivity contribution < 1.29 is 17.3 Å². The van der Waals surface area contributed by atoms with Gasteiger partial charge in [-0.3, -0.25) is 0 Å². The van der Waals surface area contributed by atoms with Crippen LogP contribution in [-0.4, -0.2) is 15.5 Å². The fourth-order valence-electron chi connectivity index (χ4n) is 2.69. The van der Waals surface area contributed by atoms with E-state index in [1.807, 2.05) is 31.2 Å². The number of rotatable bonds is 6. The van der Waals surface area contributed by atoms with Gasteiger partial charge < -0.3 is 8.92 Å². The van der Waals surface area contributed by atoms with Gasteiger partial charge in [0.2, 0.25) is 0 Å². The van der Waals surface area contributed by atoms with Crippen LogP contribution in [0.3, 0.4) is 0 Å². The number of nitriles is 1. The van der Waals surface area contributed by atoms with Crippen molar-refractivity contribution in [1.82, 2.24) is 0 Å². The van der Waals surface area contributed by atoms with E-state index in [1.54, 1.807) is 30.3 Å². The summed E-state index contributed by atoms with van der Waals surface area (Å²) in [5.74, 6) is 0.310. The highest BCUT2D eigenvalue weighted by Crippen LogP contribution is 2.32. The van der Waals surface area contributed by atoms with Crippen LogP contribution < -0.4 is 8.92 Å². The number of halogens is 1. The maximum Gasteiger partial charge on any atom is 0.339 e. The molecule has 3 aromatic rings. The Morgan fingerprint density at radius 3 is 2.27 bits per heavy atom. The van der Waals surface area contributed by atoms with Crippen LogP contribution in [0.15, 0.2) is 76.1 Å². The molecule has 0 fully saturated rings. The van der Waals surface area contributed by atoms with Gasteiger partial charge in [-0.1, -0.05) is 51.8 Å². The first-order chi connectivity index (χ1) is 14.3. The molecule has 3 aromatic carbocycles. The predicted octanol–water partition coefficient (Wildman–Crippen LogP) is 5.60. The third-order valence-corrected chi connectivity index (χ3v) is 6.06. The van der Waals surface area contributed by atoms with Crippen molar-refractivity contribution in [2.45, 2.75) is 11.8 Å². The molecule has 0 unspecified atom stereocenters. The second kappa shape index (κ2) is 9.16. The Bertz CT molecular complexity index is 1230. The summed E-state index contributed by atoms with van der Waals surface area (Å²) >= 11 is 3.37. The van der Waals surface area contributed by atoms with E-state index in [9.17, 15) is 13.7 Å². The standard InChI is InChI=1S/C23H18BrNO4S/c1-16-3-10-21(11-4-16)30(26,27)29-22-12-5-17(14-23(22)28-2)13-19(15-25)18-6-8-20(24)9-7-18/h3-14H,1-2H3/b19-13+. The van der Waals surface area contributed by atoms with Crippen LogP contribution in [0.5, 0.6) is 11.5 Å². The molecule has 0 spiro atoms. The minimum Gasteiger partial charge on any atom is -0.493 e. The fraction of sp³-hybridized carbons (Fsp3) is 0.0870. The third-order valence-electron chi connectivity index (χ3n) is 4.28. The first kappa shape index (κ1) is 21.6. The van der Waals surface area contributed by atoms with Crippen LogP contribution in [0.1, 0.15) is 16.7 Å². The molecule has 5 nitrogen and oxygen atoms in total. The van der Waals surface area contributed by atoms with Crippen molar-refractivity contribution in [2.24, 2.45) is 0 Å². The van der Waals surface area contributed by atoms with Gasteiger partial charge in [-0.25, -0.2) is 0 Å². The average Bonchev–Trinajstić information content (AvgIpc) is 2.73. The molecule has 0 amide bonds. The topological polar surface area (TPSA) is 76.4 Å². The van der Waals surface area contributed by atoms with Crippen molar-refractivity contribution in [2.75, 3.05) is 7.11 Å². The van der Waals surface area contributed by atoms with Gasteiger partial charge in [-0.05, 0) is 60.5 Å². The summed E-state index contributed by atoms with van der Waals surface area (Å²) in [7, 11) is -2.58. The first-order valence-corrected chi connectivity index (χ1v) is 11.1. The summed E-state index contributed by atoms with van der Waals surface area (Å²) in [6.07, 6.45) is 1.70. The zero-order chi connectivity index (χ0) is 21.7. The lowest BCUT2D eigenvalue weighted by Crippen LogP contribution is -2.10. The molecule has 0 bridgehead atoms. The molecule has 0 heterocycles. The number of allylic oxidation sites excluding steroid dienone is 1. The minimum atomic E-state index is -4.00. The second-order valence-corrected chi connectivity index (χ2v) is 8.90.